The van der Waals surface area contributed by atoms with Crippen LogP contribution in [0.5, 0.6) is 5.75 Å². The van der Waals surface area contributed by atoms with Crippen LogP contribution in [-0.2, 0) is 10.0 Å². The first kappa shape index (κ1) is 15.9. The first-order valence-electron chi connectivity index (χ1n) is 5.61. The third kappa shape index (κ3) is 8.71. The predicted octanol–water partition coefficient (Wildman–Crippen LogP) is 1.95. The summed E-state index contributed by atoms with van der Waals surface area (Å²) in [7, 11) is -3.12. The van der Waals surface area contributed by atoms with Crippen LogP contribution >= 0.6 is 0 Å². The third-order valence-corrected chi connectivity index (χ3v) is 2.48. The van der Waals surface area contributed by atoms with Gasteiger partial charge in [0.25, 0.3) is 0 Å². The van der Waals surface area contributed by atoms with Crippen molar-refractivity contribution < 1.29 is 13.2 Å². The van der Waals surface area contributed by atoms with Gasteiger partial charge in [0.1, 0.15) is 12.4 Å². The van der Waals surface area contributed by atoms with E-state index in [4.69, 9.17) is 4.74 Å². The minimum Gasteiger partial charge on any atom is -0.492 e. The van der Waals surface area contributed by atoms with Crippen LogP contribution in [0, 0.1) is 6.92 Å². The molecule has 0 atom stereocenters. The minimum atomic E-state index is -3.12. The number of nitrogens with one attached hydrogen (secondary N) is 1. The topological polar surface area (TPSA) is 55.4 Å². The molecule has 0 unspecified atom stereocenters. The van der Waals surface area contributed by atoms with E-state index in [1.165, 1.54) is 0 Å². The van der Waals surface area contributed by atoms with E-state index in [1.807, 2.05) is 45.0 Å². The number of benzene rings is 1. The van der Waals surface area contributed by atoms with Gasteiger partial charge >= 0.3 is 0 Å². The summed E-state index contributed by atoms with van der Waals surface area (Å²) in [4.78, 5) is 0. The highest BCUT2D eigenvalue weighted by Crippen LogP contribution is 2.10. The molecule has 1 aromatic rings. The molecule has 0 amide bonds. The molecule has 1 aromatic carbocycles. The molecule has 1 rings (SSSR count). The number of ether oxygens (including phenoxy) is 1. The van der Waals surface area contributed by atoms with Gasteiger partial charge in [0, 0.05) is 6.54 Å². The van der Waals surface area contributed by atoms with Crippen LogP contribution in [0.4, 0.5) is 0 Å². The first-order valence-corrected chi connectivity index (χ1v) is 7.50. The van der Waals surface area contributed by atoms with Gasteiger partial charge in [-0.25, -0.2) is 13.1 Å². The second-order valence-electron chi connectivity index (χ2n) is 3.33. The first-order chi connectivity index (χ1) is 7.97. The van der Waals surface area contributed by atoms with Crippen LogP contribution in [-0.4, -0.2) is 27.8 Å². The molecule has 0 aliphatic heterocycles. The van der Waals surface area contributed by atoms with Crippen molar-refractivity contribution in [3.8, 4) is 5.75 Å². The summed E-state index contributed by atoms with van der Waals surface area (Å²) >= 11 is 0. The lowest BCUT2D eigenvalue weighted by Gasteiger charge is -2.06. The van der Waals surface area contributed by atoms with Gasteiger partial charge in [0.05, 0.1) is 6.26 Å². The highest BCUT2D eigenvalue weighted by molar-refractivity contribution is 7.88. The Kier molecular flexibility index (Phi) is 7.58. The quantitative estimate of drug-likeness (QED) is 0.822. The lowest BCUT2D eigenvalue weighted by Crippen LogP contribution is -2.26. The SMILES string of the molecule is CC.Cc1ccc(OCCNS(C)(=O)=O)cc1. The molecule has 1 N–H and O–H groups in total. The van der Waals surface area contributed by atoms with Gasteiger partial charge in [-0.2, -0.15) is 0 Å². The van der Waals surface area contributed by atoms with E-state index in [2.05, 4.69) is 4.72 Å². The average Bonchev–Trinajstić information content (AvgIpc) is 2.28. The van der Waals surface area contributed by atoms with E-state index >= 15 is 0 Å². The molecular weight excluding hydrogens is 238 g/mol. The molecule has 4 nitrogen and oxygen atoms in total. The summed E-state index contributed by atoms with van der Waals surface area (Å²) in [6, 6.07) is 7.60. The summed E-state index contributed by atoms with van der Waals surface area (Å²) < 4.78 is 29.1. The maximum atomic E-state index is 10.7. The zero-order valence-corrected chi connectivity index (χ0v) is 11.7. The number of hydrogen-bond acceptors (Lipinski definition) is 3. The van der Waals surface area contributed by atoms with Gasteiger partial charge in [0.2, 0.25) is 10.0 Å². The fourth-order valence-corrected chi connectivity index (χ4v) is 1.48. The Labute approximate surface area is 104 Å². The molecule has 17 heavy (non-hydrogen) atoms. The maximum absolute atomic E-state index is 10.7. The molecule has 0 aromatic heterocycles. The molecule has 0 radical (unpaired) electrons. The Hall–Kier alpha value is -1.07. The Morgan fingerprint density at radius 2 is 1.71 bits per heavy atom. The third-order valence-electron chi connectivity index (χ3n) is 1.76. The van der Waals surface area contributed by atoms with E-state index in [0.717, 1.165) is 17.6 Å². The zero-order chi connectivity index (χ0) is 13.3. The summed E-state index contributed by atoms with van der Waals surface area (Å²) in [5, 5.41) is 0. The molecule has 0 heterocycles. The van der Waals surface area contributed by atoms with E-state index in [0.29, 0.717) is 6.61 Å². The standard InChI is InChI=1S/C10H15NO3S.C2H6/c1-9-3-5-10(6-4-9)14-8-7-11-15(2,12)13;1-2/h3-6,11H,7-8H2,1-2H3;1-2H3. The second-order valence-corrected chi connectivity index (χ2v) is 5.16. The Bertz CT molecular complexity index is 398. The zero-order valence-electron chi connectivity index (χ0n) is 10.9. The maximum Gasteiger partial charge on any atom is 0.208 e. The van der Waals surface area contributed by atoms with Crippen LogP contribution in [0.25, 0.3) is 0 Å². The van der Waals surface area contributed by atoms with Gasteiger partial charge in [-0.05, 0) is 19.1 Å². The van der Waals surface area contributed by atoms with Crippen molar-refractivity contribution in [2.45, 2.75) is 20.8 Å². The number of aryl methyl sites for hydroxylation is 1. The van der Waals surface area contributed by atoms with E-state index in [1.54, 1.807) is 0 Å². The van der Waals surface area contributed by atoms with Crippen LogP contribution in [0.1, 0.15) is 19.4 Å². The molecule has 5 heteroatoms. The molecule has 0 spiro atoms. The molecule has 0 fully saturated rings. The van der Waals surface area contributed by atoms with Gasteiger partial charge in [0.15, 0.2) is 0 Å². The molecule has 0 bridgehead atoms. The van der Waals surface area contributed by atoms with Crippen molar-refractivity contribution in [2.24, 2.45) is 0 Å². The predicted molar refractivity (Wildman–Crippen MR) is 70.9 cm³/mol. The normalized spacial score (nSPS) is 10.4. The van der Waals surface area contributed by atoms with Crippen molar-refractivity contribution in [3.63, 3.8) is 0 Å². The van der Waals surface area contributed by atoms with Crippen molar-refractivity contribution in [3.05, 3.63) is 29.8 Å². The average molecular weight is 259 g/mol. The number of hydrogen-bond donors (Lipinski definition) is 1. The second kappa shape index (κ2) is 8.08. The number of rotatable bonds is 5. The summed E-state index contributed by atoms with van der Waals surface area (Å²) in [6.07, 6.45) is 1.12. The van der Waals surface area contributed by atoms with Crippen molar-refractivity contribution in [1.29, 1.82) is 0 Å². The molecule has 0 aliphatic rings. The summed E-state index contributed by atoms with van der Waals surface area (Å²) in [6.45, 7) is 6.61. The van der Waals surface area contributed by atoms with Gasteiger partial charge in [-0.15, -0.1) is 0 Å². The van der Waals surface area contributed by atoms with Crippen LogP contribution in [0.15, 0.2) is 24.3 Å². The number of sulfonamides is 1. The molecule has 98 valence electrons. The monoisotopic (exact) mass is 259 g/mol. The lowest BCUT2D eigenvalue weighted by molar-refractivity contribution is 0.323. The highest BCUT2D eigenvalue weighted by Gasteiger charge is 1.99. The molecule has 0 saturated carbocycles. The van der Waals surface area contributed by atoms with Gasteiger partial charge in [-0.1, -0.05) is 31.5 Å². The largest absolute Gasteiger partial charge is 0.492 e. The van der Waals surface area contributed by atoms with E-state index in [9.17, 15) is 8.42 Å². The Balaban J connectivity index is 0.00000121. The van der Waals surface area contributed by atoms with Crippen LogP contribution < -0.4 is 9.46 Å². The van der Waals surface area contributed by atoms with E-state index in [-0.39, 0.29) is 6.54 Å². The van der Waals surface area contributed by atoms with Crippen molar-refractivity contribution in [1.82, 2.24) is 4.72 Å². The molecule has 0 saturated heterocycles. The Morgan fingerprint density at radius 3 is 2.18 bits per heavy atom. The fraction of sp³-hybridized carbons (Fsp3) is 0.500. The highest BCUT2D eigenvalue weighted by atomic mass is 32.2. The molecular formula is C12H21NO3S. The van der Waals surface area contributed by atoms with Gasteiger partial charge in [-0.3, -0.25) is 0 Å². The summed E-state index contributed by atoms with van der Waals surface area (Å²) in [5.41, 5.74) is 1.16. The fourth-order valence-electron chi connectivity index (χ4n) is 1.03. The van der Waals surface area contributed by atoms with Crippen molar-refractivity contribution in [2.75, 3.05) is 19.4 Å². The summed E-state index contributed by atoms with van der Waals surface area (Å²) in [5.74, 6) is 0.746. The lowest BCUT2D eigenvalue weighted by atomic mass is 10.2. The van der Waals surface area contributed by atoms with Gasteiger partial charge < -0.3 is 4.74 Å². The Morgan fingerprint density at radius 1 is 1.18 bits per heavy atom. The van der Waals surface area contributed by atoms with E-state index < -0.39 is 10.0 Å². The van der Waals surface area contributed by atoms with Crippen LogP contribution in [0.3, 0.4) is 0 Å². The van der Waals surface area contributed by atoms with Crippen LogP contribution in [0.2, 0.25) is 0 Å². The minimum absolute atomic E-state index is 0.284. The molecule has 0 aliphatic carbocycles. The van der Waals surface area contributed by atoms with Crippen molar-refractivity contribution >= 4 is 10.0 Å². The smallest absolute Gasteiger partial charge is 0.208 e.